The molecule has 1 fully saturated rings. The van der Waals surface area contributed by atoms with E-state index in [4.69, 9.17) is 22.1 Å². The molecule has 1 saturated heterocycles. The van der Waals surface area contributed by atoms with Gasteiger partial charge >= 0.3 is 0 Å². The van der Waals surface area contributed by atoms with E-state index in [-0.39, 0.29) is 11.9 Å². The Morgan fingerprint density at radius 2 is 2.19 bits per heavy atom. The van der Waals surface area contributed by atoms with Gasteiger partial charge in [0.25, 0.3) is 5.91 Å². The van der Waals surface area contributed by atoms with E-state index >= 15 is 0 Å². The number of hydrogen-bond donors (Lipinski definition) is 2. The Balaban J connectivity index is 1.82. The fourth-order valence-electron chi connectivity index (χ4n) is 2.46. The number of carbonyl (C=O) groups is 1. The fourth-order valence-corrected chi connectivity index (χ4v) is 2.64. The third kappa shape index (κ3) is 4.59. The van der Waals surface area contributed by atoms with Crippen LogP contribution in [0.4, 0.5) is 5.69 Å². The van der Waals surface area contributed by atoms with Crippen molar-refractivity contribution in [3.05, 3.63) is 28.8 Å². The Bertz CT molecular complexity index is 488. The molecule has 1 aromatic carbocycles. The molecule has 6 heteroatoms. The Labute approximate surface area is 130 Å². The summed E-state index contributed by atoms with van der Waals surface area (Å²) in [5, 5.41) is 3.48. The minimum atomic E-state index is -0.0905. The van der Waals surface area contributed by atoms with Gasteiger partial charge in [0.15, 0.2) is 0 Å². The van der Waals surface area contributed by atoms with Crippen LogP contribution in [0.15, 0.2) is 18.2 Å². The van der Waals surface area contributed by atoms with Crippen LogP contribution >= 0.6 is 11.6 Å². The SMILES string of the molecule is COCCN1CCC(NC(=O)c2ccc(N)c(Cl)c2)CC1. The lowest BCUT2D eigenvalue weighted by atomic mass is 10.0. The maximum absolute atomic E-state index is 12.2. The number of rotatable bonds is 5. The summed E-state index contributed by atoms with van der Waals surface area (Å²) in [7, 11) is 1.71. The first kappa shape index (κ1) is 16.1. The molecule has 2 rings (SSSR count). The highest BCUT2D eigenvalue weighted by Gasteiger charge is 2.21. The number of ether oxygens (including phenoxy) is 1. The summed E-state index contributed by atoms with van der Waals surface area (Å²) in [4.78, 5) is 14.5. The van der Waals surface area contributed by atoms with Gasteiger partial charge in [0, 0.05) is 38.3 Å². The molecule has 0 aliphatic carbocycles. The molecule has 3 N–H and O–H groups in total. The highest BCUT2D eigenvalue weighted by Crippen LogP contribution is 2.20. The van der Waals surface area contributed by atoms with Crippen molar-refractivity contribution < 1.29 is 9.53 Å². The molecular weight excluding hydrogens is 290 g/mol. The number of likely N-dealkylation sites (tertiary alicyclic amines) is 1. The third-order valence-corrected chi connectivity index (χ3v) is 4.12. The second-order valence-electron chi connectivity index (χ2n) is 5.32. The van der Waals surface area contributed by atoms with Crippen molar-refractivity contribution in [2.45, 2.75) is 18.9 Å². The molecule has 1 aliphatic heterocycles. The summed E-state index contributed by atoms with van der Waals surface area (Å²) in [6.45, 7) is 3.67. The zero-order valence-corrected chi connectivity index (χ0v) is 13.0. The van der Waals surface area contributed by atoms with Crippen LogP contribution in [-0.4, -0.2) is 50.2 Å². The number of nitrogens with zero attached hydrogens (tertiary/aromatic N) is 1. The number of benzene rings is 1. The molecule has 1 heterocycles. The van der Waals surface area contributed by atoms with Crippen molar-refractivity contribution in [1.29, 1.82) is 0 Å². The molecule has 0 atom stereocenters. The molecule has 0 aromatic heterocycles. The summed E-state index contributed by atoms with van der Waals surface area (Å²) in [5.41, 5.74) is 6.69. The molecule has 0 radical (unpaired) electrons. The number of halogens is 1. The monoisotopic (exact) mass is 311 g/mol. The van der Waals surface area contributed by atoms with Crippen molar-refractivity contribution in [3.8, 4) is 0 Å². The topological polar surface area (TPSA) is 67.6 Å². The quantitative estimate of drug-likeness (QED) is 0.813. The maximum Gasteiger partial charge on any atom is 0.251 e. The summed E-state index contributed by atoms with van der Waals surface area (Å²) in [5.74, 6) is -0.0905. The molecule has 116 valence electrons. The fraction of sp³-hybridized carbons (Fsp3) is 0.533. The molecule has 0 unspecified atom stereocenters. The average Bonchev–Trinajstić information content (AvgIpc) is 2.49. The number of piperidine rings is 1. The number of nitrogen functional groups attached to an aromatic ring is 1. The van der Waals surface area contributed by atoms with E-state index < -0.39 is 0 Å². The van der Waals surface area contributed by atoms with Crippen LogP contribution in [0.1, 0.15) is 23.2 Å². The third-order valence-electron chi connectivity index (χ3n) is 3.80. The number of nitrogens with two attached hydrogens (primary N) is 1. The molecular formula is C15H22ClN3O2. The lowest BCUT2D eigenvalue weighted by molar-refractivity contribution is 0.0893. The second-order valence-corrected chi connectivity index (χ2v) is 5.73. The van der Waals surface area contributed by atoms with Crippen LogP contribution < -0.4 is 11.1 Å². The minimum absolute atomic E-state index is 0.0905. The predicted octanol–water partition coefficient (Wildman–Crippen LogP) is 1.76. The first-order chi connectivity index (χ1) is 10.1. The van der Waals surface area contributed by atoms with Gasteiger partial charge in [0.05, 0.1) is 17.3 Å². The molecule has 1 aromatic rings. The Hall–Kier alpha value is -1.30. The molecule has 0 saturated carbocycles. The number of carbonyl (C=O) groups excluding carboxylic acids is 1. The van der Waals surface area contributed by atoms with Crippen LogP contribution in [0.25, 0.3) is 0 Å². The average molecular weight is 312 g/mol. The van der Waals surface area contributed by atoms with Gasteiger partial charge in [-0.3, -0.25) is 4.79 Å². The van der Waals surface area contributed by atoms with E-state index in [0.29, 0.717) is 16.3 Å². The highest BCUT2D eigenvalue weighted by atomic mass is 35.5. The normalized spacial score (nSPS) is 16.9. The van der Waals surface area contributed by atoms with Crippen molar-refractivity contribution in [2.75, 3.05) is 39.1 Å². The van der Waals surface area contributed by atoms with Crippen molar-refractivity contribution in [3.63, 3.8) is 0 Å². The van der Waals surface area contributed by atoms with E-state index in [1.807, 2.05) is 0 Å². The van der Waals surface area contributed by atoms with Crippen LogP contribution in [-0.2, 0) is 4.74 Å². The molecule has 21 heavy (non-hydrogen) atoms. The zero-order chi connectivity index (χ0) is 15.2. The lowest BCUT2D eigenvalue weighted by Crippen LogP contribution is -2.45. The van der Waals surface area contributed by atoms with E-state index in [9.17, 15) is 4.79 Å². The van der Waals surface area contributed by atoms with Gasteiger partial charge in [0.1, 0.15) is 0 Å². The highest BCUT2D eigenvalue weighted by molar-refractivity contribution is 6.33. The van der Waals surface area contributed by atoms with E-state index in [1.165, 1.54) is 0 Å². The molecule has 1 amide bonds. The molecule has 1 aliphatic rings. The van der Waals surface area contributed by atoms with Crippen LogP contribution in [0.5, 0.6) is 0 Å². The van der Waals surface area contributed by atoms with Gasteiger partial charge < -0.3 is 20.7 Å². The number of amides is 1. The Kier molecular flexibility index (Phi) is 5.85. The second kappa shape index (κ2) is 7.64. The standard InChI is InChI=1S/C15H22ClN3O2/c1-21-9-8-19-6-4-12(5-7-19)18-15(20)11-2-3-14(17)13(16)10-11/h2-3,10,12H,4-9,17H2,1H3,(H,18,20). The summed E-state index contributed by atoms with van der Waals surface area (Å²) < 4.78 is 5.08. The van der Waals surface area contributed by atoms with Gasteiger partial charge in [0.2, 0.25) is 0 Å². The predicted molar refractivity (Wildman–Crippen MR) is 84.7 cm³/mol. The van der Waals surface area contributed by atoms with Crippen molar-refractivity contribution in [1.82, 2.24) is 10.2 Å². The molecule has 5 nitrogen and oxygen atoms in total. The minimum Gasteiger partial charge on any atom is -0.398 e. The zero-order valence-electron chi connectivity index (χ0n) is 12.3. The first-order valence-electron chi connectivity index (χ1n) is 7.17. The van der Waals surface area contributed by atoms with Crippen molar-refractivity contribution >= 4 is 23.2 Å². The van der Waals surface area contributed by atoms with Gasteiger partial charge in [-0.15, -0.1) is 0 Å². The molecule has 0 spiro atoms. The van der Waals surface area contributed by atoms with Crippen LogP contribution in [0, 0.1) is 0 Å². The maximum atomic E-state index is 12.2. The Morgan fingerprint density at radius 1 is 1.48 bits per heavy atom. The summed E-state index contributed by atoms with van der Waals surface area (Å²) in [6.07, 6.45) is 1.91. The van der Waals surface area contributed by atoms with Crippen molar-refractivity contribution in [2.24, 2.45) is 0 Å². The number of hydrogen-bond acceptors (Lipinski definition) is 4. The lowest BCUT2D eigenvalue weighted by Gasteiger charge is -2.32. The largest absolute Gasteiger partial charge is 0.398 e. The van der Waals surface area contributed by atoms with Crippen LogP contribution in [0.2, 0.25) is 5.02 Å². The number of anilines is 1. The van der Waals surface area contributed by atoms with Gasteiger partial charge in [-0.25, -0.2) is 0 Å². The van der Waals surface area contributed by atoms with Gasteiger partial charge in [-0.1, -0.05) is 11.6 Å². The van der Waals surface area contributed by atoms with E-state index in [2.05, 4.69) is 10.2 Å². The molecule has 0 bridgehead atoms. The number of nitrogens with one attached hydrogen (secondary N) is 1. The first-order valence-corrected chi connectivity index (χ1v) is 7.55. The Morgan fingerprint density at radius 3 is 2.81 bits per heavy atom. The van der Waals surface area contributed by atoms with E-state index in [0.717, 1.165) is 39.1 Å². The van der Waals surface area contributed by atoms with E-state index in [1.54, 1.807) is 25.3 Å². The number of methoxy groups -OCH3 is 1. The van der Waals surface area contributed by atoms with Crippen LogP contribution in [0.3, 0.4) is 0 Å². The van der Waals surface area contributed by atoms with Gasteiger partial charge in [-0.2, -0.15) is 0 Å². The smallest absolute Gasteiger partial charge is 0.251 e. The van der Waals surface area contributed by atoms with Gasteiger partial charge in [-0.05, 0) is 31.0 Å². The summed E-state index contributed by atoms with van der Waals surface area (Å²) in [6, 6.07) is 5.18. The summed E-state index contributed by atoms with van der Waals surface area (Å²) >= 11 is 5.94.